The zero-order chi connectivity index (χ0) is 17.3. The molecule has 1 saturated heterocycles. The largest absolute Gasteiger partial charge is 0.481 e. The minimum absolute atomic E-state index is 0.141. The average molecular weight is 347 g/mol. The van der Waals surface area contributed by atoms with Gasteiger partial charge < -0.3 is 10.0 Å². The highest BCUT2D eigenvalue weighted by molar-refractivity contribution is 8.01. The molecule has 2 fully saturated rings. The van der Waals surface area contributed by atoms with Crippen molar-refractivity contribution in [2.75, 3.05) is 6.54 Å². The fraction of sp³-hybridized carbons (Fsp3) is 0.579. The standard InChI is InChI=1S/C19H25NO3S/c1-13-5-7-15(8-6-13)24-19(10-3-4-11-19)18(23)20-12-9-16(14(20)2)17(21)22/h5-8,14,16H,3-4,9-12H2,1-2H3,(H,21,22). The maximum absolute atomic E-state index is 13.3. The maximum Gasteiger partial charge on any atom is 0.308 e. The van der Waals surface area contributed by atoms with E-state index in [0.717, 1.165) is 30.6 Å². The quantitative estimate of drug-likeness (QED) is 0.902. The number of thioether (sulfide) groups is 1. The molecule has 2 unspecified atom stereocenters. The molecule has 2 atom stereocenters. The van der Waals surface area contributed by atoms with Crippen LogP contribution in [0.4, 0.5) is 0 Å². The van der Waals surface area contributed by atoms with Crippen LogP contribution in [0.3, 0.4) is 0 Å². The number of carboxylic acids is 1. The Balaban J connectivity index is 1.81. The Morgan fingerprint density at radius 3 is 2.38 bits per heavy atom. The first-order valence-electron chi connectivity index (χ1n) is 8.72. The van der Waals surface area contributed by atoms with Gasteiger partial charge in [-0.15, -0.1) is 11.8 Å². The van der Waals surface area contributed by atoms with Crippen molar-refractivity contribution in [3.05, 3.63) is 29.8 Å². The van der Waals surface area contributed by atoms with Crippen LogP contribution in [-0.4, -0.2) is 39.2 Å². The number of carboxylic acid groups (broad SMARTS) is 1. The second-order valence-corrected chi connectivity index (χ2v) is 8.55. The normalized spacial score (nSPS) is 25.8. The Bertz CT molecular complexity index is 622. The second kappa shape index (κ2) is 6.79. The van der Waals surface area contributed by atoms with Crippen molar-refractivity contribution >= 4 is 23.6 Å². The summed E-state index contributed by atoms with van der Waals surface area (Å²) in [6, 6.07) is 8.11. The van der Waals surface area contributed by atoms with E-state index in [1.165, 1.54) is 5.56 Å². The third-order valence-corrected chi connectivity index (χ3v) is 6.95. The zero-order valence-electron chi connectivity index (χ0n) is 14.3. The Labute approximate surface area is 147 Å². The van der Waals surface area contributed by atoms with Gasteiger partial charge in [-0.05, 0) is 45.2 Å². The number of aryl methyl sites for hydroxylation is 1. The van der Waals surface area contributed by atoms with Crippen molar-refractivity contribution in [2.24, 2.45) is 5.92 Å². The Morgan fingerprint density at radius 1 is 1.21 bits per heavy atom. The first-order chi connectivity index (χ1) is 11.4. The summed E-state index contributed by atoms with van der Waals surface area (Å²) in [6.07, 6.45) is 4.45. The van der Waals surface area contributed by atoms with Gasteiger partial charge in [-0.2, -0.15) is 0 Å². The lowest BCUT2D eigenvalue weighted by molar-refractivity contribution is -0.143. The van der Waals surface area contributed by atoms with Crippen LogP contribution in [0.15, 0.2) is 29.2 Å². The van der Waals surface area contributed by atoms with Gasteiger partial charge in [0.1, 0.15) is 0 Å². The van der Waals surface area contributed by atoms with Crippen LogP contribution in [-0.2, 0) is 9.59 Å². The van der Waals surface area contributed by atoms with E-state index < -0.39 is 16.6 Å². The van der Waals surface area contributed by atoms with E-state index >= 15 is 0 Å². The van der Waals surface area contributed by atoms with Gasteiger partial charge in [0.15, 0.2) is 0 Å². The van der Waals surface area contributed by atoms with Crippen LogP contribution in [0.1, 0.15) is 44.6 Å². The molecule has 0 radical (unpaired) electrons. The monoisotopic (exact) mass is 347 g/mol. The van der Waals surface area contributed by atoms with Gasteiger partial charge in [-0.3, -0.25) is 9.59 Å². The van der Waals surface area contributed by atoms with Gasteiger partial charge in [0, 0.05) is 17.5 Å². The summed E-state index contributed by atoms with van der Waals surface area (Å²) in [7, 11) is 0. The molecule has 24 heavy (non-hydrogen) atoms. The Hall–Kier alpha value is -1.49. The number of benzene rings is 1. The van der Waals surface area contributed by atoms with Crippen molar-refractivity contribution in [3.8, 4) is 0 Å². The van der Waals surface area contributed by atoms with Gasteiger partial charge in [0.25, 0.3) is 0 Å². The predicted octanol–water partition coefficient (Wildman–Crippen LogP) is 3.72. The van der Waals surface area contributed by atoms with Crippen LogP contribution in [0.25, 0.3) is 0 Å². The van der Waals surface area contributed by atoms with Gasteiger partial charge in [0.2, 0.25) is 5.91 Å². The van der Waals surface area contributed by atoms with Crippen molar-refractivity contribution in [2.45, 2.75) is 61.6 Å². The topological polar surface area (TPSA) is 57.6 Å². The van der Waals surface area contributed by atoms with Crippen LogP contribution in [0, 0.1) is 12.8 Å². The van der Waals surface area contributed by atoms with Crippen molar-refractivity contribution in [3.63, 3.8) is 0 Å². The number of hydrogen-bond donors (Lipinski definition) is 1. The predicted molar refractivity (Wildman–Crippen MR) is 95.2 cm³/mol. The van der Waals surface area contributed by atoms with E-state index in [0.29, 0.717) is 13.0 Å². The lowest BCUT2D eigenvalue weighted by Gasteiger charge is -2.34. The third-order valence-electron chi connectivity index (χ3n) is 5.47. The summed E-state index contributed by atoms with van der Waals surface area (Å²) >= 11 is 1.68. The minimum Gasteiger partial charge on any atom is -0.481 e. The summed E-state index contributed by atoms with van der Waals surface area (Å²) in [4.78, 5) is 27.6. The summed E-state index contributed by atoms with van der Waals surface area (Å²) < 4.78 is -0.420. The van der Waals surface area contributed by atoms with E-state index in [9.17, 15) is 14.7 Å². The molecule has 0 aromatic heterocycles. The van der Waals surface area contributed by atoms with Crippen LogP contribution < -0.4 is 0 Å². The molecule has 1 aliphatic carbocycles. The first kappa shape index (κ1) is 17.3. The summed E-state index contributed by atoms with van der Waals surface area (Å²) in [5, 5.41) is 9.33. The number of carbonyl (C=O) groups excluding carboxylic acids is 1. The highest BCUT2D eigenvalue weighted by atomic mass is 32.2. The average Bonchev–Trinajstić information content (AvgIpc) is 3.16. The van der Waals surface area contributed by atoms with Crippen LogP contribution >= 0.6 is 11.8 Å². The number of amides is 1. The van der Waals surface area contributed by atoms with E-state index in [1.807, 2.05) is 11.8 Å². The lowest BCUT2D eigenvalue weighted by Crippen LogP contribution is -2.48. The van der Waals surface area contributed by atoms with Crippen molar-refractivity contribution in [1.29, 1.82) is 0 Å². The molecular weight excluding hydrogens is 322 g/mol. The fourth-order valence-corrected chi connectivity index (χ4v) is 5.38. The highest BCUT2D eigenvalue weighted by Gasteiger charge is 2.48. The summed E-state index contributed by atoms with van der Waals surface area (Å²) in [5.74, 6) is -1.08. The van der Waals surface area contributed by atoms with Crippen LogP contribution in [0.5, 0.6) is 0 Å². The number of likely N-dealkylation sites (tertiary alicyclic amines) is 1. The maximum atomic E-state index is 13.3. The highest BCUT2D eigenvalue weighted by Crippen LogP contribution is 2.47. The molecule has 1 aromatic rings. The SMILES string of the molecule is Cc1ccc(SC2(C(=O)N3CCC(C(=O)O)C3C)CCCC2)cc1. The lowest BCUT2D eigenvalue weighted by atomic mass is 10.0. The smallest absolute Gasteiger partial charge is 0.308 e. The molecule has 1 aliphatic heterocycles. The number of carbonyl (C=O) groups is 2. The molecule has 0 spiro atoms. The Morgan fingerprint density at radius 2 is 1.83 bits per heavy atom. The summed E-state index contributed by atoms with van der Waals surface area (Å²) in [5.41, 5.74) is 1.21. The molecule has 2 aliphatic rings. The second-order valence-electron chi connectivity index (χ2n) is 7.09. The molecule has 4 nitrogen and oxygen atoms in total. The molecule has 3 rings (SSSR count). The molecule has 0 bridgehead atoms. The van der Waals surface area contributed by atoms with Crippen molar-refractivity contribution < 1.29 is 14.7 Å². The van der Waals surface area contributed by atoms with E-state index in [1.54, 1.807) is 11.8 Å². The van der Waals surface area contributed by atoms with Gasteiger partial charge in [0.05, 0.1) is 10.7 Å². The number of nitrogens with zero attached hydrogens (tertiary/aromatic N) is 1. The minimum atomic E-state index is -0.788. The van der Waals surface area contributed by atoms with Gasteiger partial charge in [-0.1, -0.05) is 30.5 Å². The summed E-state index contributed by atoms with van der Waals surface area (Å²) in [6.45, 7) is 4.50. The molecule has 1 heterocycles. The molecule has 1 amide bonds. The van der Waals surface area contributed by atoms with Crippen molar-refractivity contribution in [1.82, 2.24) is 4.90 Å². The molecule has 5 heteroatoms. The van der Waals surface area contributed by atoms with E-state index in [-0.39, 0.29) is 11.9 Å². The zero-order valence-corrected chi connectivity index (χ0v) is 15.1. The third kappa shape index (κ3) is 3.18. The Kier molecular flexibility index (Phi) is 4.90. The number of hydrogen-bond acceptors (Lipinski definition) is 3. The van der Waals surface area contributed by atoms with Crippen LogP contribution in [0.2, 0.25) is 0 Å². The molecule has 130 valence electrons. The number of rotatable bonds is 4. The van der Waals surface area contributed by atoms with Gasteiger partial charge >= 0.3 is 5.97 Å². The molecule has 1 N–H and O–H groups in total. The first-order valence-corrected chi connectivity index (χ1v) is 9.54. The number of aliphatic carboxylic acids is 1. The molecule has 1 aromatic carbocycles. The van der Waals surface area contributed by atoms with E-state index in [4.69, 9.17) is 0 Å². The fourth-order valence-electron chi connectivity index (χ4n) is 3.96. The van der Waals surface area contributed by atoms with Gasteiger partial charge in [-0.25, -0.2) is 0 Å². The van der Waals surface area contributed by atoms with E-state index in [2.05, 4.69) is 31.2 Å². The molecular formula is C19H25NO3S. The molecule has 1 saturated carbocycles.